The van der Waals surface area contributed by atoms with Crippen LogP contribution in [-0.2, 0) is 11.8 Å². The lowest BCUT2D eigenvalue weighted by Crippen LogP contribution is -2.23. The van der Waals surface area contributed by atoms with Crippen LogP contribution in [0.3, 0.4) is 0 Å². The van der Waals surface area contributed by atoms with Crippen molar-refractivity contribution in [2.24, 2.45) is 7.05 Å². The van der Waals surface area contributed by atoms with Gasteiger partial charge in [-0.1, -0.05) is 19.3 Å². The minimum atomic E-state index is -0.141. The smallest absolute Gasteiger partial charge is 0.282 e. The average Bonchev–Trinajstić information content (AvgIpc) is 2.44. The van der Waals surface area contributed by atoms with Crippen molar-refractivity contribution in [2.75, 3.05) is 18.5 Å². The molecule has 1 fully saturated rings. The molecule has 0 unspecified atom stereocenters. The lowest BCUT2D eigenvalue weighted by atomic mass is 9.98. The van der Waals surface area contributed by atoms with E-state index >= 15 is 0 Å². The highest BCUT2D eigenvalue weighted by Gasteiger charge is 2.13. The summed E-state index contributed by atoms with van der Waals surface area (Å²) in [6, 6.07) is 0. The Bertz CT molecular complexity index is 469. The quantitative estimate of drug-likeness (QED) is 0.842. The Hall–Kier alpha value is -0.880. The normalized spacial score (nSPS) is 16.5. The molecule has 106 valence electrons. The first-order valence-electron chi connectivity index (χ1n) is 6.76. The highest BCUT2D eigenvalue weighted by molar-refractivity contribution is 9.10. The number of anilines is 1. The SMILES string of the molecule is Cn1ncc(NCCOC2CCCCC2)c(Br)c1=O. The maximum atomic E-state index is 11.7. The zero-order valence-electron chi connectivity index (χ0n) is 11.2. The molecule has 0 atom stereocenters. The van der Waals surface area contributed by atoms with E-state index in [1.807, 2.05) is 0 Å². The number of hydrogen-bond acceptors (Lipinski definition) is 4. The molecule has 2 rings (SSSR count). The van der Waals surface area contributed by atoms with E-state index in [4.69, 9.17) is 4.74 Å². The van der Waals surface area contributed by atoms with Gasteiger partial charge in [0, 0.05) is 13.6 Å². The molecule has 0 aliphatic heterocycles. The van der Waals surface area contributed by atoms with Gasteiger partial charge in [0.25, 0.3) is 5.56 Å². The number of aryl methyl sites for hydroxylation is 1. The van der Waals surface area contributed by atoms with Crippen molar-refractivity contribution in [1.29, 1.82) is 0 Å². The van der Waals surface area contributed by atoms with Gasteiger partial charge < -0.3 is 10.1 Å². The van der Waals surface area contributed by atoms with Crippen LogP contribution < -0.4 is 10.9 Å². The number of hydrogen-bond donors (Lipinski definition) is 1. The molecule has 0 spiro atoms. The predicted molar refractivity (Wildman–Crippen MR) is 78.5 cm³/mol. The Morgan fingerprint density at radius 3 is 2.95 bits per heavy atom. The summed E-state index contributed by atoms with van der Waals surface area (Å²) in [4.78, 5) is 11.7. The number of aromatic nitrogens is 2. The van der Waals surface area contributed by atoms with Crippen LogP contribution in [0.15, 0.2) is 15.5 Å². The van der Waals surface area contributed by atoms with Crippen LogP contribution in [0.2, 0.25) is 0 Å². The highest BCUT2D eigenvalue weighted by atomic mass is 79.9. The summed E-state index contributed by atoms with van der Waals surface area (Å²) >= 11 is 3.28. The third-order valence-corrected chi connectivity index (χ3v) is 4.17. The summed E-state index contributed by atoms with van der Waals surface area (Å²) < 4.78 is 7.63. The van der Waals surface area contributed by atoms with Crippen LogP contribution >= 0.6 is 15.9 Å². The molecule has 5 nitrogen and oxygen atoms in total. The van der Waals surface area contributed by atoms with Crippen LogP contribution in [0.5, 0.6) is 0 Å². The topological polar surface area (TPSA) is 56.1 Å². The monoisotopic (exact) mass is 329 g/mol. The average molecular weight is 330 g/mol. The van der Waals surface area contributed by atoms with Gasteiger partial charge in [0.05, 0.1) is 24.6 Å². The maximum Gasteiger partial charge on any atom is 0.282 e. The number of ether oxygens (including phenoxy) is 1. The zero-order valence-corrected chi connectivity index (χ0v) is 12.8. The van der Waals surface area contributed by atoms with E-state index in [2.05, 4.69) is 26.3 Å². The summed E-state index contributed by atoms with van der Waals surface area (Å²) in [7, 11) is 1.63. The Morgan fingerprint density at radius 2 is 2.21 bits per heavy atom. The Balaban J connectivity index is 1.76. The Kier molecular flexibility index (Phi) is 5.39. The molecule has 0 aromatic carbocycles. The molecule has 1 N–H and O–H groups in total. The molecule has 1 saturated carbocycles. The van der Waals surface area contributed by atoms with Gasteiger partial charge in [-0.2, -0.15) is 5.10 Å². The van der Waals surface area contributed by atoms with E-state index in [0.717, 1.165) is 5.69 Å². The summed E-state index contributed by atoms with van der Waals surface area (Å²) in [6.45, 7) is 1.34. The van der Waals surface area contributed by atoms with E-state index in [0.29, 0.717) is 23.7 Å². The third kappa shape index (κ3) is 4.04. The van der Waals surface area contributed by atoms with Gasteiger partial charge in [-0.3, -0.25) is 4.79 Å². The summed E-state index contributed by atoms with van der Waals surface area (Å²) in [5, 5.41) is 7.15. The lowest BCUT2D eigenvalue weighted by Gasteiger charge is -2.22. The molecule has 0 saturated heterocycles. The molecule has 1 aliphatic carbocycles. The van der Waals surface area contributed by atoms with Crippen molar-refractivity contribution in [1.82, 2.24) is 9.78 Å². The molecular weight excluding hydrogens is 310 g/mol. The van der Waals surface area contributed by atoms with E-state index in [9.17, 15) is 4.79 Å². The molecule has 1 aromatic rings. The highest BCUT2D eigenvalue weighted by Crippen LogP contribution is 2.20. The first kappa shape index (κ1) is 14.5. The van der Waals surface area contributed by atoms with E-state index in [1.165, 1.54) is 36.8 Å². The summed E-state index contributed by atoms with van der Waals surface area (Å²) in [5.74, 6) is 0. The zero-order chi connectivity index (χ0) is 13.7. The van der Waals surface area contributed by atoms with Crippen LogP contribution in [0.4, 0.5) is 5.69 Å². The van der Waals surface area contributed by atoms with Gasteiger partial charge in [0.15, 0.2) is 0 Å². The first-order valence-corrected chi connectivity index (χ1v) is 7.55. The molecule has 1 aromatic heterocycles. The van der Waals surface area contributed by atoms with E-state index in [-0.39, 0.29) is 5.56 Å². The van der Waals surface area contributed by atoms with Gasteiger partial charge in [-0.05, 0) is 28.8 Å². The van der Waals surface area contributed by atoms with Crippen molar-refractivity contribution in [3.8, 4) is 0 Å². The van der Waals surface area contributed by atoms with Crippen LogP contribution in [0, 0.1) is 0 Å². The molecule has 19 heavy (non-hydrogen) atoms. The van der Waals surface area contributed by atoms with Crippen LogP contribution in [0.25, 0.3) is 0 Å². The molecule has 0 amide bonds. The van der Waals surface area contributed by atoms with Crippen molar-refractivity contribution in [2.45, 2.75) is 38.2 Å². The van der Waals surface area contributed by atoms with Gasteiger partial charge in [0.1, 0.15) is 4.47 Å². The minimum absolute atomic E-state index is 0.141. The van der Waals surface area contributed by atoms with Crippen molar-refractivity contribution >= 4 is 21.6 Å². The molecule has 0 bridgehead atoms. The van der Waals surface area contributed by atoms with Gasteiger partial charge in [-0.25, -0.2) is 4.68 Å². The fourth-order valence-electron chi connectivity index (χ4n) is 2.28. The first-order chi connectivity index (χ1) is 9.18. The number of nitrogens with zero attached hydrogens (tertiary/aromatic N) is 2. The fourth-order valence-corrected chi connectivity index (χ4v) is 2.78. The lowest BCUT2D eigenvalue weighted by molar-refractivity contribution is 0.0347. The van der Waals surface area contributed by atoms with Gasteiger partial charge in [0.2, 0.25) is 0 Å². The second-order valence-corrected chi connectivity index (χ2v) is 5.65. The third-order valence-electron chi connectivity index (χ3n) is 3.40. The Labute approximate surface area is 121 Å². The number of halogens is 1. The maximum absolute atomic E-state index is 11.7. The molecule has 0 radical (unpaired) electrons. The number of nitrogens with one attached hydrogen (secondary N) is 1. The second kappa shape index (κ2) is 7.05. The van der Waals surface area contributed by atoms with Crippen molar-refractivity contribution < 1.29 is 4.74 Å². The van der Waals surface area contributed by atoms with Crippen LogP contribution in [-0.4, -0.2) is 29.0 Å². The Morgan fingerprint density at radius 1 is 1.47 bits per heavy atom. The second-order valence-electron chi connectivity index (χ2n) is 4.86. The molecule has 6 heteroatoms. The van der Waals surface area contributed by atoms with Crippen molar-refractivity contribution in [3.63, 3.8) is 0 Å². The van der Waals surface area contributed by atoms with E-state index < -0.39 is 0 Å². The van der Waals surface area contributed by atoms with E-state index in [1.54, 1.807) is 13.2 Å². The molecule has 1 aliphatic rings. The molecule has 1 heterocycles. The van der Waals surface area contributed by atoms with Gasteiger partial charge >= 0.3 is 0 Å². The predicted octanol–water partition coefficient (Wildman–Crippen LogP) is 2.30. The van der Waals surface area contributed by atoms with Crippen molar-refractivity contribution in [3.05, 3.63) is 21.0 Å². The fraction of sp³-hybridized carbons (Fsp3) is 0.692. The summed E-state index contributed by atoms with van der Waals surface area (Å²) in [5.41, 5.74) is 0.577. The number of rotatable bonds is 5. The minimum Gasteiger partial charge on any atom is -0.380 e. The largest absolute Gasteiger partial charge is 0.380 e. The summed E-state index contributed by atoms with van der Waals surface area (Å²) in [6.07, 6.45) is 8.32. The van der Waals surface area contributed by atoms with Gasteiger partial charge in [-0.15, -0.1) is 0 Å². The standard InChI is InChI=1S/C13H20BrN3O2/c1-17-13(18)12(14)11(9-16-17)15-7-8-19-10-5-3-2-4-6-10/h9-10,15H,2-8H2,1H3. The van der Waals surface area contributed by atoms with Crippen LogP contribution in [0.1, 0.15) is 32.1 Å². The molecular formula is C13H20BrN3O2.